The van der Waals surface area contributed by atoms with Gasteiger partial charge < -0.3 is 35.7 Å². The Morgan fingerprint density at radius 3 is 2.36 bits per heavy atom. The molecule has 0 saturated carbocycles. The van der Waals surface area contributed by atoms with Crippen molar-refractivity contribution in [3.05, 3.63) is 0 Å². The number of carbonyl (C=O) groups excluding carboxylic acids is 1. The van der Waals surface area contributed by atoms with E-state index in [1.165, 1.54) is 0 Å². The van der Waals surface area contributed by atoms with Crippen LogP contribution in [0.2, 0.25) is 0 Å². The molecular formula is C16H32N4O5. The standard InChI is InChI=1S/C16H32N4O5/c1-5-10-13(22-4)14(23-6-2)12(15(25-10)24-7-3)20-11(21)8-9-19-16(17)18/h10,12-15H,5-9H2,1-4H3,(H,20,21)(H4,17,18,19)/t10?,12?,13-,14+,15?/m0/s1. The van der Waals surface area contributed by atoms with Gasteiger partial charge in [-0.3, -0.25) is 9.79 Å². The molecule has 1 saturated heterocycles. The largest absolute Gasteiger partial charge is 0.376 e. The monoisotopic (exact) mass is 360 g/mol. The van der Waals surface area contributed by atoms with Gasteiger partial charge in [-0.05, 0) is 20.3 Å². The van der Waals surface area contributed by atoms with Gasteiger partial charge in [0.15, 0.2) is 12.2 Å². The number of aliphatic imine (C=N–C) groups is 1. The SMILES string of the molecule is CCOC1OC(CC)[C@H](OC)[C@H](OCC)C1NC(=O)CCN=C(N)N. The van der Waals surface area contributed by atoms with E-state index in [0.717, 1.165) is 6.42 Å². The molecule has 1 amide bonds. The molecule has 5 N–H and O–H groups in total. The van der Waals surface area contributed by atoms with E-state index in [0.29, 0.717) is 13.2 Å². The minimum atomic E-state index is -0.607. The van der Waals surface area contributed by atoms with Crippen LogP contribution in [0.1, 0.15) is 33.6 Å². The highest BCUT2D eigenvalue weighted by atomic mass is 16.7. The number of nitrogens with one attached hydrogen (secondary N) is 1. The van der Waals surface area contributed by atoms with Gasteiger partial charge in [-0.2, -0.15) is 0 Å². The zero-order valence-electron chi connectivity index (χ0n) is 15.6. The molecule has 1 aliphatic heterocycles. The summed E-state index contributed by atoms with van der Waals surface area (Å²) in [5.74, 6) is -0.253. The van der Waals surface area contributed by atoms with Crippen LogP contribution in [0, 0.1) is 0 Å². The fraction of sp³-hybridized carbons (Fsp3) is 0.875. The van der Waals surface area contributed by atoms with Crippen LogP contribution < -0.4 is 16.8 Å². The minimum absolute atomic E-state index is 0.0431. The molecule has 9 nitrogen and oxygen atoms in total. The van der Waals surface area contributed by atoms with E-state index in [1.807, 2.05) is 20.8 Å². The summed E-state index contributed by atoms with van der Waals surface area (Å²) < 4.78 is 23.2. The molecule has 0 radical (unpaired) electrons. The van der Waals surface area contributed by atoms with Crippen molar-refractivity contribution >= 4 is 11.9 Å². The summed E-state index contributed by atoms with van der Waals surface area (Å²) in [6, 6.07) is -0.487. The summed E-state index contributed by atoms with van der Waals surface area (Å²) in [7, 11) is 1.61. The van der Waals surface area contributed by atoms with Crippen LogP contribution in [-0.2, 0) is 23.7 Å². The molecule has 0 spiro atoms. The fourth-order valence-electron chi connectivity index (χ4n) is 2.91. The van der Waals surface area contributed by atoms with Crippen LogP contribution >= 0.6 is 0 Å². The number of nitrogens with two attached hydrogens (primary N) is 2. The number of guanidine groups is 1. The van der Waals surface area contributed by atoms with Crippen LogP contribution in [0.4, 0.5) is 0 Å². The Morgan fingerprint density at radius 2 is 1.84 bits per heavy atom. The minimum Gasteiger partial charge on any atom is -0.376 e. The lowest BCUT2D eigenvalue weighted by Crippen LogP contribution is -2.65. The summed E-state index contributed by atoms with van der Waals surface area (Å²) in [6.45, 7) is 6.94. The first-order chi connectivity index (χ1) is 12.0. The van der Waals surface area contributed by atoms with Crippen LogP contribution in [0.5, 0.6) is 0 Å². The lowest BCUT2D eigenvalue weighted by Gasteiger charge is -2.45. The van der Waals surface area contributed by atoms with E-state index in [2.05, 4.69) is 10.3 Å². The maximum absolute atomic E-state index is 12.3. The summed E-state index contributed by atoms with van der Waals surface area (Å²) in [6.07, 6.45) is -0.558. The molecule has 25 heavy (non-hydrogen) atoms. The molecule has 0 aromatic heterocycles. The quantitative estimate of drug-likeness (QED) is 0.361. The van der Waals surface area contributed by atoms with Crippen molar-refractivity contribution in [1.82, 2.24) is 5.32 Å². The van der Waals surface area contributed by atoms with Gasteiger partial charge in [-0.15, -0.1) is 0 Å². The van der Waals surface area contributed by atoms with Gasteiger partial charge in [0.1, 0.15) is 18.2 Å². The van der Waals surface area contributed by atoms with Crippen LogP contribution in [-0.4, -0.2) is 69.4 Å². The Hall–Kier alpha value is -1.42. The molecule has 0 aliphatic carbocycles. The van der Waals surface area contributed by atoms with Gasteiger partial charge >= 0.3 is 0 Å². The van der Waals surface area contributed by atoms with Crippen molar-refractivity contribution in [2.45, 2.75) is 64.3 Å². The van der Waals surface area contributed by atoms with Gasteiger partial charge in [-0.1, -0.05) is 6.92 Å². The average Bonchev–Trinajstić information content (AvgIpc) is 2.57. The van der Waals surface area contributed by atoms with Crippen molar-refractivity contribution in [1.29, 1.82) is 0 Å². The third-order valence-electron chi connectivity index (χ3n) is 3.97. The van der Waals surface area contributed by atoms with Crippen molar-refractivity contribution in [2.75, 3.05) is 26.9 Å². The Morgan fingerprint density at radius 1 is 1.16 bits per heavy atom. The van der Waals surface area contributed by atoms with Gasteiger partial charge in [0.25, 0.3) is 0 Å². The highest BCUT2D eigenvalue weighted by Gasteiger charge is 2.47. The Bertz CT molecular complexity index is 431. The van der Waals surface area contributed by atoms with Crippen molar-refractivity contribution in [2.24, 2.45) is 16.5 Å². The molecule has 0 bridgehead atoms. The van der Waals surface area contributed by atoms with E-state index >= 15 is 0 Å². The maximum Gasteiger partial charge on any atom is 0.222 e. The number of hydrogen-bond acceptors (Lipinski definition) is 6. The van der Waals surface area contributed by atoms with Gasteiger partial charge in [0.2, 0.25) is 5.91 Å². The third kappa shape index (κ3) is 6.43. The van der Waals surface area contributed by atoms with Gasteiger partial charge in [0, 0.05) is 26.7 Å². The molecule has 1 rings (SSSR count). The highest BCUT2D eigenvalue weighted by Crippen LogP contribution is 2.28. The second-order valence-corrected chi connectivity index (χ2v) is 5.68. The zero-order valence-corrected chi connectivity index (χ0v) is 15.6. The lowest BCUT2D eigenvalue weighted by molar-refractivity contribution is -0.274. The molecule has 146 valence electrons. The van der Waals surface area contributed by atoms with Crippen LogP contribution in [0.15, 0.2) is 4.99 Å². The first kappa shape index (κ1) is 21.6. The first-order valence-electron chi connectivity index (χ1n) is 8.74. The maximum atomic E-state index is 12.3. The number of carbonyl (C=O) groups is 1. The predicted molar refractivity (Wildman–Crippen MR) is 94.0 cm³/mol. The molecule has 0 aromatic carbocycles. The summed E-state index contributed by atoms with van der Waals surface area (Å²) >= 11 is 0. The fourth-order valence-corrected chi connectivity index (χ4v) is 2.91. The Labute approximate surface area is 149 Å². The first-order valence-corrected chi connectivity index (χ1v) is 8.74. The second-order valence-electron chi connectivity index (χ2n) is 5.68. The molecule has 5 atom stereocenters. The van der Waals surface area contributed by atoms with E-state index in [1.54, 1.807) is 7.11 Å². The molecule has 9 heteroatoms. The normalized spacial score (nSPS) is 29.2. The summed E-state index contributed by atoms with van der Waals surface area (Å²) in [4.78, 5) is 16.1. The Kier molecular flexibility index (Phi) is 9.73. The summed E-state index contributed by atoms with van der Waals surface area (Å²) in [5.41, 5.74) is 10.5. The molecule has 0 aromatic rings. The van der Waals surface area contributed by atoms with Crippen molar-refractivity contribution in [3.8, 4) is 0 Å². The highest BCUT2D eigenvalue weighted by molar-refractivity contribution is 5.78. The second kappa shape index (κ2) is 11.2. The topological polar surface area (TPSA) is 130 Å². The molecule has 1 fully saturated rings. The number of rotatable bonds is 10. The Balaban J connectivity index is 2.89. The van der Waals surface area contributed by atoms with E-state index in [4.69, 9.17) is 30.4 Å². The lowest BCUT2D eigenvalue weighted by atomic mass is 9.94. The van der Waals surface area contributed by atoms with Gasteiger partial charge in [0.05, 0.1) is 12.6 Å². The zero-order chi connectivity index (χ0) is 18.8. The van der Waals surface area contributed by atoms with E-state index < -0.39 is 12.3 Å². The average molecular weight is 360 g/mol. The van der Waals surface area contributed by atoms with Crippen molar-refractivity contribution in [3.63, 3.8) is 0 Å². The number of hydrogen-bond donors (Lipinski definition) is 3. The summed E-state index contributed by atoms with van der Waals surface area (Å²) in [5, 5.41) is 2.93. The molecule has 1 aliphatic rings. The van der Waals surface area contributed by atoms with Gasteiger partial charge in [-0.25, -0.2) is 0 Å². The molecular weight excluding hydrogens is 328 g/mol. The number of nitrogens with zero attached hydrogens (tertiary/aromatic N) is 1. The molecule has 1 heterocycles. The number of amides is 1. The van der Waals surface area contributed by atoms with Crippen LogP contribution in [0.3, 0.4) is 0 Å². The predicted octanol–water partition coefficient (Wildman–Crippen LogP) is -0.274. The van der Waals surface area contributed by atoms with E-state index in [9.17, 15) is 4.79 Å². The van der Waals surface area contributed by atoms with Crippen molar-refractivity contribution < 1.29 is 23.7 Å². The smallest absolute Gasteiger partial charge is 0.222 e. The molecule has 3 unspecified atom stereocenters. The number of methoxy groups -OCH3 is 1. The van der Waals surface area contributed by atoms with Crippen LogP contribution in [0.25, 0.3) is 0 Å². The van der Waals surface area contributed by atoms with E-state index in [-0.39, 0.29) is 43.1 Å². The third-order valence-corrected chi connectivity index (χ3v) is 3.97. The number of ether oxygens (including phenoxy) is 4.